The molecule has 0 bridgehead atoms. The average Bonchev–Trinajstić information content (AvgIpc) is 2.28. The first-order valence-corrected chi connectivity index (χ1v) is 5.43. The van der Waals surface area contributed by atoms with Crippen LogP contribution in [0.5, 0.6) is 0 Å². The van der Waals surface area contributed by atoms with E-state index in [4.69, 9.17) is 9.84 Å². The fraction of sp³-hybridized carbons (Fsp3) is 0.583. The maximum absolute atomic E-state index is 11.8. The van der Waals surface area contributed by atoms with Gasteiger partial charge in [-0.05, 0) is 18.4 Å². The topological polar surface area (TPSA) is 80.7 Å². The van der Waals surface area contributed by atoms with Crippen LogP contribution in [0.25, 0.3) is 0 Å². The largest absolute Gasteiger partial charge is 0.478 e. The van der Waals surface area contributed by atoms with Gasteiger partial charge in [0.25, 0.3) is 0 Å². The van der Waals surface area contributed by atoms with Crippen molar-refractivity contribution in [2.24, 2.45) is 11.3 Å². The summed E-state index contributed by atoms with van der Waals surface area (Å²) in [4.78, 5) is 34.2. The van der Waals surface area contributed by atoms with Crippen LogP contribution in [0.1, 0.15) is 26.7 Å². The third-order valence-corrected chi connectivity index (χ3v) is 3.29. The smallest absolute Gasteiger partial charge is 0.339 e. The Kier molecular flexibility index (Phi) is 3.70. The summed E-state index contributed by atoms with van der Waals surface area (Å²) in [6.45, 7) is 3.62. The van der Waals surface area contributed by atoms with Gasteiger partial charge in [0.1, 0.15) is 0 Å². The Morgan fingerprint density at radius 1 is 1.47 bits per heavy atom. The predicted molar refractivity (Wildman–Crippen MR) is 59.2 cm³/mol. The number of hydrogen-bond acceptors (Lipinski definition) is 4. The molecule has 0 fully saturated rings. The van der Waals surface area contributed by atoms with Crippen molar-refractivity contribution in [3.8, 4) is 0 Å². The molecule has 0 spiro atoms. The number of carbonyl (C=O) groups excluding carboxylic acids is 2. The minimum atomic E-state index is -1.29. The molecule has 0 aliphatic heterocycles. The summed E-state index contributed by atoms with van der Waals surface area (Å²) in [5, 5.41) is 8.94. The van der Waals surface area contributed by atoms with Crippen molar-refractivity contribution >= 4 is 17.7 Å². The molecule has 1 N–H and O–H groups in total. The molecule has 0 aromatic rings. The number of ether oxygens (including phenoxy) is 1. The standard InChI is InChI=1S/C12H16O5/c1-7(2)12(11(16)17-3)5-4-9(13)8(6-12)10(14)15/h6-7H,4-5H2,1-3H3,(H,14,15)/t12-/m1/s1. The van der Waals surface area contributed by atoms with Crippen LogP contribution < -0.4 is 0 Å². The van der Waals surface area contributed by atoms with Crippen LogP contribution in [-0.2, 0) is 19.1 Å². The highest BCUT2D eigenvalue weighted by molar-refractivity contribution is 6.17. The van der Waals surface area contributed by atoms with Gasteiger partial charge in [-0.15, -0.1) is 0 Å². The number of carboxylic acid groups (broad SMARTS) is 1. The summed E-state index contributed by atoms with van der Waals surface area (Å²) in [5.41, 5.74) is -1.31. The molecule has 0 aromatic carbocycles. The predicted octanol–water partition coefficient (Wildman–Crippen LogP) is 1.18. The van der Waals surface area contributed by atoms with Gasteiger partial charge in [-0.1, -0.05) is 13.8 Å². The molecular weight excluding hydrogens is 224 g/mol. The molecule has 0 saturated heterocycles. The van der Waals surface area contributed by atoms with Gasteiger partial charge in [-0.3, -0.25) is 9.59 Å². The van der Waals surface area contributed by atoms with Gasteiger partial charge in [-0.25, -0.2) is 4.79 Å². The number of Topliss-reactive ketones (excluding diaryl/α,β-unsaturated/α-hetero) is 1. The first-order chi connectivity index (χ1) is 7.85. The van der Waals surface area contributed by atoms with Crippen molar-refractivity contribution < 1.29 is 24.2 Å². The van der Waals surface area contributed by atoms with Crippen LogP contribution in [0.4, 0.5) is 0 Å². The van der Waals surface area contributed by atoms with Gasteiger partial charge in [0, 0.05) is 6.42 Å². The molecule has 0 aromatic heterocycles. The summed E-state index contributed by atoms with van der Waals surface area (Å²) < 4.78 is 4.73. The molecule has 0 heterocycles. The molecule has 1 rings (SSSR count). The molecule has 1 atom stereocenters. The maximum atomic E-state index is 11.8. The van der Waals surface area contributed by atoms with Crippen LogP contribution in [0.3, 0.4) is 0 Å². The maximum Gasteiger partial charge on any atom is 0.339 e. The number of ketones is 1. The Labute approximate surface area is 99.5 Å². The van der Waals surface area contributed by atoms with Crippen molar-refractivity contribution in [3.63, 3.8) is 0 Å². The number of methoxy groups -OCH3 is 1. The second-order valence-corrected chi connectivity index (χ2v) is 4.47. The molecule has 94 valence electrons. The second-order valence-electron chi connectivity index (χ2n) is 4.47. The zero-order chi connectivity index (χ0) is 13.2. The van der Waals surface area contributed by atoms with E-state index in [1.165, 1.54) is 13.2 Å². The van der Waals surface area contributed by atoms with E-state index in [-0.39, 0.29) is 17.9 Å². The Balaban J connectivity index is 3.30. The molecule has 17 heavy (non-hydrogen) atoms. The molecule has 0 radical (unpaired) electrons. The highest BCUT2D eigenvalue weighted by Gasteiger charge is 2.45. The van der Waals surface area contributed by atoms with Crippen LogP contribution in [-0.4, -0.2) is 29.9 Å². The van der Waals surface area contributed by atoms with Crippen molar-refractivity contribution in [1.29, 1.82) is 0 Å². The summed E-state index contributed by atoms with van der Waals surface area (Å²) in [7, 11) is 1.26. The van der Waals surface area contributed by atoms with Crippen molar-refractivity contribution in [2.45, 2.75) is 26.7 Å². The Hall–Kier alpha value is -1.65. The van der Waals surface area contributed by atoms with E-state index < -0.39 is 23.1 Å². The van der Waals surface area contributed by atoms with E-state index in [0.717, 1.165) is 0 Å². The first kappa shape index (κ1) is 13.4. The Bertz CT molecular complexity index is 394. The number of carboxylic acids is 1. The Morgan fingerprint density at radius 2 is 2.06 bits per heavy atom. The van der Waals surface area contributed by atoms with E-state index in [9.17, 15) is 14.4 Å². The van der Waals surface area contributed by atoms with Crippen LogP contribution in [0.2, 0.25) is 0 Å². The summed E-state index contributed by atoms with van der Waals surface area (Å²) in [6.07, 6.45) is 1.62. The number of esters is 1. The number of carbonyl (C=O) groups is 3. The van der Waals surface area contributed by atoms with Crippen LogP contribution >= 0.6 is 0 Å². The van der Waals surface area contributed by atoms with Crippen molar-refractivity contribution in [2.75, 3.05) is 7.11 Å². The lowest BCUT2D eigenvalue weighted by Crippen LogP contribution is -2.40. The van der Waals surface area contributed by atoms with Gasteiger partial charge in [-0.2, -0.15) is 0 Å². The highest BCUT2D eigenvalue weighted by Crippen LogP contribution is 2.40. The van der Waals surface area contributed by atoms with Crippen LogP contribution in [0, 0.1) is 11.3 Å². The molecular formula is C12H16O5. The second kappa shape index (κ2) is 4.69. The lowest BCUT2D eigenvalue weighted by atomic mass is 9.68. The lowest BCUT2D eigenvalue weighted by Gasteiger charge is -2.34. The van der Waals surface area contributed by atoms with Gasteiger partial charge in [0.05, 0.1) is 18.1 Å². The SMILES string of the molecule is COC(=O)[C@@]1(C(C)C)C=C(C(=O)O)C(=O)CC1. The average molecular weight is 240 g/mol. The molecule has 0 saturated carbocycles. The number of rotatable bonds is 3. The van der Waals surface area contributed by atoms with Gasteiger partial charge in [0.15, 0.2) is 5.78 Å². The quantitative estimate of drug-likeness (QED) is 0.591. The molecule has 5 nitrogen and oxygen atoms in total. The molecule has 1 aliphatic carbocycles. The van der Waals surface area contributed by atoms with Crippen molar-refractivity contribution in [3.05, 3.63) is 11.6 Å². The summed E-state index contributed by atoms with van der Waals surface area (Å²) in [5.74, 6) is -2.34. The monoisotopic (exact) mass is 240 g/mol. The van der Waals surface area contributed by atoms with Gasteiger partial charge >= 0.3 is 11.9 Å². The van der Waals surface area contributed by atoms with Crippen LogP contribution in [0.15, 0.2) is 11.6 Å². The number of aliphatic carboxylic acids is 1. The third-order valence-electron chi connectivity index (χ3n) is 3.29. The zero-order valence-corrected chi connectivity index (χ0v) is 10.1. The summed E-state index contributed by atoms with van der Waals surface area (Å²) >= 11 is 0. The Morgan fingerprint density at radius 3 is 2.47 bits per heavy atom. The molecule has 5 heteroatoms. The van der Waals surface area contributed by atoms with Gasteiger partial charge in [0.2, 0.25) is 0 Å². The third kappa shape index (κ3) is 2.23. The molecule has 0 amide bonds. The van der Waals surface area contributed by atoms with E-state index in [0.29, 0.717) is 6.42 Å². The van der Waals surface area contributed by atoms with E-state index in [1.807, 2.05) is 13.8 Å². The first-order valence-electron chi connectivity index (χ1n) is 5.43. The number of hydrogen-bond donors (Lipinski definition) is 1. The lowest BCUT2D eigenvalue weighted by molar-refractivity contribution is -0.153. The minimum Gasteiger partial charge on any atom is -0.478 e. The fourth-order valence-corrected chi connectivity index (χ4v) is 2.09. The van der Waals surface area contributed by atoms with E-state index in [2.05, 4.69) is 0 Å². The molecule has 1 aliphatic rings. The van der Waals surface area contributed by atoms with E-state index in [1.54, 1.807) is 0 Å². The minimum absolute atomic E-state index is 0.0609. The molecule has 0 unspecified atom stereocenters. The van der Waals surface area contributed by atoms with Crippen molar-refractivity contribution in [1.82, 2.24) is 0 Å². The zero-order valence-electron chi connectivity index (χ0n) is 10.1. The summed E-state index contributed by atoms with van der Waals surface area (Å²) in [6, 6.07) is 0. The van der Waals surface area contributed by atoms with Gasteiger partial charge < -0.3 is 9.84 Å². The fourth-order valence-electron chi connectivity index (χ4n) is 2.09. The van der Waals surface area contributed by atoms with E-state index >= 15 is 0 Å². The normalized spacial score (nSPS) is 24.5. The highest BCUT2D eigenvalue weighted by atomic mass is 16.5.